The van der Waals surface area contributed by atoms with Crippen LogP contribution in [0.5, 0.6) is 0 Å². The summed E-state index contributed by atoms with van der Waals surface area (Å²) in [5.41, 5.74) is 5.03. The molecule has 2 aliphatic heterocycles. The van der Waals surface area contributed by atoms with Crippen molar-refractivity contribution >= 4 is 11.6 Å². The number of benzene rings is 1. The van der Waals surface area contributed by atoms with Crippen LogP contribution in [0.3, 0.4) is 0 Å². The maximum absolute atomic E-state index is 12.8. The Kier molecular flexibility index (Phi) is 4.89. The molecule has 0 N–H and O–H groups in total. The van der Waals surface area contributed by atoms with Crippen molar-refractivity contribution in [1.29, 1.82) is 0 Å². The molecule has 2 aromatic rings. The highest BCUT2D eigenvalue weighted by molar-refractivity contribution is 5.79. The zero-order valence-electron chi connectivity index (χ0n) is 15.4. The standard InChI is InChI=1S/C21H26N4O/c1-23-10-12-24(13-11-23)20-6-2-5-18-7-9-25(16-19(18)20)21(26)14-17-4-3-8-22-15-17/h2-6,8,15H,7,9-14,16H2,1H3. The van der Waals surface area contributed by atoms with Crippen LogP contribution in [-0.2, 0) is 24.2 Å². The number of hydrogen-bond acceptors (Lipinski definition) is 4. The van der Waals surface area contributed by atoms with Crippen molar-refractivity contribution in [3.05, 3.63) is 59.4 Å². The van der Waals surface area contributed by atoms with E-state index in [4.69, 9.17) is 0 Å². The van der Waals surface area contributed by atoms with E-state index >= 15 is 0 Å². The number of hydrogen-bond donors (Lipinski definition) is 0. The van der Waals surface area contributed by atoms with Gasteiger partial charge in [0.2, 0.25) is 5.91 Å². The van der Waals surface area contributed by atoms with E-state index in [0.29, 0.717) is 6.42 Å². The number of aromatic nitrogens is 1. The molecule has 0 unspecified atom stereocenters. The molecule has 1 aromatic carbocycles. The van der Waals surface area contributed by atoms with Gasteiger partial charge in [-0.15, -0.1) is 0 Å². The summed E-state index contributed by atoms with van der Waals surface area (Å²) in [5.74, 6) is 0.192. The summed E-state index contributed by atoms with van der Waals surface area (Å²) in [5, 5.41) is 0. The molecule has 136 valence electrons. The Morgan fingerprint density at radius 3 is 2.69 bits per heavy atom. The fourth-order valence-electron chi connectivity index (χ4n) is 3.91. The van der Waals surface area contributed by atoms with Crippen LogP contribution in [0.25, 0.3) is 0 Å². The van der Waals surface area contributed by atoms with Crippen LogP contribution in [0.1, 0.15) is 16.7 Å². The van der Waals surface area contributed by atoms with Gasteiger partial charge >= 0.3 is 0 Å². The molecule has 5 heteroatoms. The molecular formula is C21H26N4O. The smallest absolute Gasteiger partial charge is 0.227 e. The molecule has 0 atom stereocenters. The molecule has 3 heterocycles. The third kappa shape index (κ3) is 3.58. The first-order chi connectivity index (χ1) is 12.7. The number of carbonyl (C=O) groups is 1. The Bertz CT molecular complexity index is 769. The lowest BCUT2D eigenvalue weighted by Crippen LogP contribution is -2.45. The number of pyridine rings is 1. The van der Waals surface area contributed by atoms with Gasteiger partial charge in [0.15, 0.2) is 0 Å². The summed E-state index contributed by atoms with van der Waals surface area (Å²) < 4.78 is 0. The minimum atomic E-state index is 0.192. The Labute approximate surface area is 155 Å². The average Bonchev–Trinajstić information content (AvgIpc) is 2.68. The molecule has 0 radical (unpaired) electrons. The fraction of sp³-hybridized carbons (Fsp3) is 0.429. The highest BCUT2D eigenvalue weighted by Crippen LogP contribution is 2.30. The molecule has 0 aliphatic carbocycles. The minimum Gasteiger partial charge on any atom is -0.369 e. The van der Waals surface area contributed by atoms with E-state index in [-0.39, 0.29) is 5.91 Å². The number of likely N-dealkylation sites (N-methyl/N-ethyl adjacent to an activating group) is 1. The van der Waals surface area contributed by atoms with Crippen LogP contribution in [0.2, 0.25) is 0 Å². The van der Waals surface area contributed by atoms with Gasteiger partial charge in [0, 0.05) is 57.3 Å². The molecule has 26 heavy (non-hydrogen) atoms. The molecule has 4 rings (SSSR count). The van der Waals surface area contributed by atoms with Crippen molar-refractivity contribution in [1.82, 2.24) is 14.8 Å². The van der Waals surface area contributed by atoms with E-state index in [0.717, 1.165) is 51.3 Å². The van der Waals surface area contributed by atoms with E-state index in [1.165, 1.54) is 16.8 Å². The second-order valence-electron chi connectivity index (χ2n) is 7.31. The van der Waals surface area contributed by atoms with Gasteiger partial charge in [-0.3, -0.25) is 9.78 Å². The van der Waals surface area contributed by atoms with E-state index in [2.05, 4.69) is 40.0 Å². The first kappa shape index (κ1) is 17.0. The fourth-order valence-corrected chi connectivity index (χ4v) is 3.91. The number of piperazine rings is 1. The van der Waals surface area contributed by atoms with Gasteiger partial charge in [-0.2, -0.15) is 0 Å². The van der Waals surface area contributed by atoms with Gasteiger partial charge in [0.25, 0.3) is 0 Å². The summed E-state index contributed by atoms with van der Waals surface area (Å²) in [6.45, 7) is 5.81. The largest absolute Gasteiger partial charge is 0.369 e. The molecule has 2 aliphatic rings. The normalized spacial score (nSPS) is 17.9. The molecule has 1 aromatic heterocycles. The highest BCUT2D eigenvalue weighted by Gasteiger charge is 2.25. The molecule has 1 fully saturated rings. The quantitative estimate of drug-likeness (QED) is 0.848. The van der Waals surface area contributed by atoms with Gasteiger partial charge < -0.3 is 14.7 Å². The van der Waals surface area contributed by atoms with E-state index in [1.54, 1.807) is 12.4 Å². The van der Waals surface area contributed by atoms with Gasteiger partial charge in [-0.25, -0.2) is 0 Å². The summed E-state index contributed by atoms with van der Waals surface area (Å²) in [4.78, 5) is 23.8. The molecule has 1 saturated heterocycles. The van der Waals surface area contributed by atoms with Crippen molar-refractivity contribution in [3.8, 4) is 0 Å². The number of fused-ring (bicyclic) bond motifs is 1. The van der Waals surface area contributed by atoms with Crippen molar-refractivity contribution in [2.75, 3.05) is 44.7 Å². The summed E-state index contributed by atoms with van der Waals surface area (Å²) in [6, 6.07) is 10.5. The van der Waals surface area contributed by atoms with Crippen molar-refractivity contribution in [2.24, 2.45) is 0 Å². The van der Waals surface area contributed by atoms with Gasteiger partial charge in [-0.1, -0.05) is 18.2 Å². The van der Waals surface area contributed by atoms with Gasteiger partial charge in [0.05, 0.1) is 6.42 Å². The van der Waals surface area contributed by atoms with E-state index in [1.807, 2.05) is 17.0 Å². The van der Waals surface area contributed by atoms with Crippen molar-refractivity contribution < 1.29 is 4.79 Å². The molecule has 1 amide bonds. The first-order valence-corrected chi connectivity index (χ1v) is 9.41. The van der Waals surface area contributed by atoms with Crippen molar-refractivity contribution in [3.63, 3.8) is 0 Å². The average molecular weight is 350 g/mol. The molecule has 0 saturated carbocycles. The number of carbonyl (C=O) groups excluding carboxylic acids is 1. The van der Waals surface area contributed by atoms with E-state index < -0.39 is 0 Å². The van der Waals surface area contributed by atoms with Crippen LogP contribution in [-0.4, -0.2) is 60.5 Å². The third-order valence-electron chi connectivity index (χ3n) is 5.52. The lowest BCUT2D eigenvalue weighted by atomic mass is 9.96. The predicted molar refractivity (Wildman–Crippen MR) is 103 cm³/mol. The highest BCUT2D eigenvalue weighted by atomic mass is 16.2. The van der Waals surface area contributed by atoms with Gasteiger partial charge in [-0.05, 0) is 42.3 Å². The summed E-state index contributed by atoms with van der Waals surface area (Å²) >= 11 is 0. The zero-order chi connectivity index (χ0) is 17.9. The number of anilines is 1. The lowest BCUT2D eigenvalue weighted by molar-refractivity contribution is -0.131. The molecular weight excluding hydrogens is 324 g/mol. The van der Waals surface area contributed by atoms with Crippen molar-refractivity contribution in [2.45, 2.75) is 19.4 Å². The van der Waals surface area contributed by atoms with Crippen LogP contribution < -0.4 is 4.90 Å². The number of rotatable bonds is 3. The van der Waals surface area contributed by atoms with Crippen LogP contribution in [0, 0.1) is 0 Å². The predicted octanol–water partition coefficient (Wildman–Crippen LogP) is 1.96. The van der Waals surface area contributed by atoms with Crippen LogP contribution in [0.4, 0.5) is 5.69 Å². The Morgan fingerprint density at radius 2 is 1.92 bits per heavy atom. The molecule has 0 spiro atoms. The number of nitrogens with zero attached hydrogens (tertiary/aromatic N) is 4. The Morgan fingerprint density at radius 1 is 1.08 bits per heavy atom. The maximum Gasteiger partial charge on any atom is 0.227 e. The van der Waals surface area contributed by atoms with Crippen LogP contribution >= 0.6 is 0 Å². The number of amides is 1. The zero-order valence-corrected chi connectivity index (χ0v) is 15.4. The Balaban J connectivity index is 1.51. The minimum absolute atomic E-state index is 0.192. The SMILES string of the molecule is CN1CCN(c2cccc3c2CN(C(=O)Cc2cccnc2)CC3)CC1. The monoisotopic (exact) mass is 350 g/mol. The summed E-state index contributed by atoms with van der Waals surface area (Å²) in [6.07, 6.45) is 4.90. The molecule has 5 nitrogen and oxygen atoms in total. The second kappa shape index (κ2) is 7.46. The third-order valence-corrected chi connectivity index (χ3v) is 5.52. The lowest BCUT2D eigenvalue weighted by Gasteiger charge is -2.38. The summed E-state index contributed by atoms with van der Waals surface area (Å²) in [7, 11) is 2.18. The van der Waals surface area contributed by atoms with Crippen LogP contribution in [0.15, 0.2) is 42.7 Å². The maximum atomic E-state index is 12.8. The Hall–Kier alpha value is -2.40. The topological polar surface area (TPSA) is 39.7 Å². The second-order valence-corrected chi connectivity index (χ2v) is 7.31. The van der Waals surface area contributed by atoms with E-state index in [9.17, 15) is 4.79 Å². The molecule has 0 bridgehead atoms. The first-order valence-electron chi connectivity index (χ1n) is 9.41. The van der Waals surface area contributed by atoms with Gasteiger partial charge in [0.1, 0.15) is 0 Å².